The Kier molecular flexibility index (Phi) is 8.75. The molecule has 39 heavy (non-hydrogen) atoms. The number of hydrogen-bond acceptors (Lipinski definition) is 8. The van der Waals surface area contributed by atoms with E-state index >= 15 is 0 Å². The predicted octanol–water partition coefficient (Wildman–Crippen LogP) is 4.49. The monoisotopic (exact) mass is 545 g/mol. The molecule has 1 atom stereocenters. The summed E-state index contributed by atoms with van der Waals surface area (Å²) in [4.78, 5) is 26.0. The average Bonchev–Trinajstić information content (AvgIpc) is 2.96. The summed E-state index contributed by atoms with van der Waals surface area (Å²) in [6.45, 7) is -0.0346. The molecule has 0 heterocycles. The van der Waals surface area contributed by atoms with E-state index in [1.54, 1.807) is 42.5 Å². The lowest BCUT2D eigenvalue weighted by atomic mass is 9.87. The molecule has 0 radical (unpaired) electrons. The molecule has 9 heteroatoms. The smallest absolute Gasteiger partial charge is 0.339 e. The lowest BCUT2D eigenvalue weighted by Gasteiger charge is -2.27. The number of esters is 2. The molecule has 4 rings (SSSR count). The molecular formula is C30H27NO7S. The first-order valence-corrected chi connectivity index (χ1v) is 13.5. The first kappa shape index (κ1) is 27.6. The van der Waals surface area contributed by atoms with Gasteiger partial charge >= 0.3 is 22.1 Å². The largest absolute Gasteiger partial charge is 0.461 e. The fraction of sp³-hybridized carbons (Fsp3) is 0.133. The van der Waals surface area contributed by atoms with Gasteiger partial charge in [0.05, 0.1) is 6.42 Å². The maximum absolute atomic E-state index is 13.3. The van der Waals surface area contributed by atoms with Crippen LogP contribution in [0.3, 0.4) is 0 Å². The van der Waals surface area contributed by atoms with E-state index in [-0.39, 0.29) is 29.4 Å². The van der Waals surface area contributed by atoms with Gasteiger partial charge in [-0.05, 0) is 41.0 Å². The average molecular weight is 546 g/mol. The van der Waals surface area contributed by atoms with Crippen molar-refractivity contribution in [3.63, 3.8) is 0 Å². The molecule has 8 nitrogen and oxygen atoms in total. The Balaban J connectivity index is 1.53. The van der Waals surface area contributed by atoms with Crippen LogP contribution in [-0.4, -0.2) is 20.4 Å². The maximum atomic E-state index is 13.3. The highest BCUT2D eigenvalue weighted by Crippen LogP contribution is 2.28. The lowest BCUT2D eigenvalue weighted by molar-refractivity contribution is -0.158. The van der Waals surface area contributed by atoms with Gasteiger partial charge in [-0.2, -0.15) is 8.42 Å². The molecule has 0 spiro atoms. The van der Waals surface area contributed by atoms with Gasteiger partial charge in [-0.25, -0.2) is 4.79 Å². The molecule has 0 saturated heterocycles. The molecule has 0 aliphatic heterocycles. The van der Waals surface area contributed by atoms with Gasteiger partial charge in [0.1, 0.15) is 23.9 Å². The summed E-state index contributed by atoms with van der Waals surface area (Å²) in [6.07, 6.45) is -0.504. The van der Waals surface area contributed by atoms with Gasteiger partial charge in [0.2, 0.25) is 0 Å². The second-order valence-corrected chi connectivity index (χ2v) is 10.3. The van der Waals surface area contributed by atoms with Crippen LogP contribution in [0, 0.1) is 0 Å². The van der Waals surface area contributed by atoms with Crippen molar-refractivity contribution in [2.45, 2.75) is 30.1 Å². The van der Waals surface area contributed by atoms with Gasteiger partial charge in [0.25, 0.3) is 0 Å². The van der Waals surface area contributed by atoms with E-state index in [9.17, 15) is 18.0 Å². The van der Waals surface area contributed by atoms with Crippen molar-refractivity contribution in [2.24, 2.45) is 5.73 Å². The minimum atomic E-state index is -4.07. The third-order valence-corrected chi connectivity index (χ3v) is 7.11. The highest BCUT2D eigenvalue weighted by atomic mass is 32.2. The summed E-state index contributed by atoms with van der Waals surface area (Å²) in [5.74, 6) is -1.53. The van der Waals surface area contributed by atoms with Gasteiger partial charge in [0, 0.05) is 0 Å². The van der Waals surface area contributed by atoms with Crippen LogP contribution in [0.25, 0.3) is 0 Å². The Labute approximate surface area is 227 Å². The van der Waals surface area contributed by atoms with E-state index in [1.165, 1.54) is 36.4 Å². The van der Waals surface area contributed by atoms with Crippen LogP contribution in [0.2, 0.25) is 0 Å². The third kappa shape index (κ3) is 7.31. The van der Waals surface area contributed by atoms with Crippen molar-refractivity contribution in [2.75, 3.05) is 0 Å². The predicted molar refractivity (Wildman–Crippen MR) is 144 cm³/mol. The third-order valence-electron chi connectivity index (χ3n) is 5.85. The molecular weight excluding hydrogens is 518 g/mol. The van der Waals surface area contributed by atoms with Crippen LogP contribution >= 0.6 is 0 Å². The Morgan fingerprint density at radius 2 is 1.15 bits per heavy atom. The molecule has 4 aromatic rings. The molecule has 1 unspecified atom stereocenters. The van der Waals surface area contributed by atoms with Gasteiger partial charge in [0.15, 0.2) is 5.54 Å². The number of carbonyl (C=O) groups is 2. The first-order chi connectivity index (χ1) is 18.8. The van der Waals surface area contributed by atoms with Crippen LogP contribution in [-0.2, 0) is 47.9 Å². The Bertz CT molecular complexity index is 1490. The maximum Gasteiger partial charge on any atom is 0.339 e. The summed E-state index contributed by atoms with van der Waals surface area (Å²) in [7, 11) is -4.07. The van der Waals surface area contributed by atoms with Gasteiger partial charge in [-0.3, -0.25) is 4.79 Å². The molecule has 0 aliphatic carbocycles. The minimum absolute atomic E-state index is 0.00657. The molecule has 0 amide bonds. The second-order valence-electron chi connectivity index (χ2n) is 8.73. The molecule has 0 saturated carbocycles. The summed E-state index contributed by atoms with van der Waals surface area (Å²) in [5, 5.41) is 0. The first-order valence-electron chi connectivity index (χ1n) is 12.1. The zero-order valence-corrected chi connectivity index (χ0v) is 21.8. The fourth-order valence-electron chi connectivity index (χ4n) is 3.73. The summed E-state index contributed by atoms with van der Waals surface area (Å²) < 4.78 is 41.2. The summed E-state index contributed by atoms with van der Waals surface area (Å²) >= 11 is 0. The molecule has 4 aromatic carbocycles. The van der Waals surface area contributed by atoms with Gasteiger partial charge in [-0.1, -0.05) is 91.0 Å². The molecule has 200 valence electrons. The summed E-state index contributed by atoms with van der Waals surface area (Å²) in [5.41, 5.74) is 6.38. The van der Waals surface area contributed by atoms with Crippen molar-refractivity contribution in [1.29, 1.82) is 0 Å². The van der Waals surface area contributed by atoms with Crippen molar-refractivity contribution >= 4 is 22.1 Å². The van der Waals surface area contributed by atoms with Crippen molar-refractivity contribution in [1.82, 2.24) is 0 Å². The van der Waals surface area contributed by atoms with E-state index < -0.39 is 34.0 Å². The lowest BCUT2D eigenvalue weighted by Crippen LogP contribution is -2.48. The number of benzene rings is 4. The van der Waals surface area contributed by atoms with E-state index in [0.717, 1.165) is 11.1 Å². The van der Waals surface area contributed by atoms with E-state index in [4.69, 9.17) is 19.4 Å². The van der Waals surface area contributed by atoms with Crippen molar-refractivity contribution in [3.05, 3.63) is 132 Å². The molecule has 0 bridgehead atoms. The Morgan fingerprint density at radius 1 is 0.667 bits per heavy atom. The molecule has 2 N–H and O–H groups in total. The van der Waals surface area contributed by atoms with Crippen molar-refractivity contribution < 1.29 is 31.7 Å². The zero-order chi connectivity index (χ0) is 27.7. The number of carbonyl (C=O) groups excluding carboxylic acids is 2. The summed E-state index contributed by atoms with van der Waals surface area (Å²) in [6, 6.07) is 31.4. The SMILES string of the molecule is NC(CC(=O)OCc1ccccc1)(C(=O)OCc1ccccc1)c1ccc(OS(=O)(=O)c2ccccc2)cc1. The van der Waals surface area contributed by atoms with Crippen LogP contribution in [0.5, 0.6) is 5.75 Å². The second kappa shape index (κ2) is 12.4. The number of ether oxygens (including phenoxy) is 2. The Morgan fingerprint density at radius 3 is 1.69 bits per heavy atom. The quantitative estimate of drug-likeness (QED) is 0.216. The molecule has 0 fully saturated rings. The van der Waals surface area contributed by atoms with E-state index in [2.05, 4.69) is 0 Å². The standard InChI is InChI=1S/C30H27NO7S/c31-30(29(33)37-22-24-12-6-2-7-13-24,20-28(32)36-21-23-10-4-1-5-11-23)25-16-18-26(19-17-25)38-39(34,35)27-14-8-3-9-15-27/h1-19H,20-22,31H2. The normalized spacial score (nSPS) is 12.6. The fourth-order valence-corrected chi connectivity index (χ4v) is 4.68. The van der Waals surface area contributed by atoms with Crippen LogP contribution in [0.1, 0.15) is 23.1 Å². The van der Waals surface area contributed by atoms with Gasteiger partial charge in [-0.15, -0.1) is 0 Å². The number of rotatable bonds is 11. The molecule has 0 aromatic heterocycles. The molecule has 0 aliphatic rings. The number of hydrogen-bond donors (Lipinski definition) is 1. The highest BCUT2D eigenvalue weighted by Gasteiger charge is 2.41. The van der Waals surface area contributed by atoms with Crippen LogP contribution in [0.4, 0.5) is 0 Å². The van der Waals surface area contributed by atoms with Crippen LogP contribution < -0.4 is 9.92 Å². The van der Waals surface area contributed by atoms with E-state index in [1.807, 2.05) is 36.4 Å². The van der Waals surface area contributed by atoms with Crippen LogP contribution in [0.15, 0.2) is 120 Å². The highest BCUT2D eigenvalue weighted by molar-refractivity contribution is 7.87. The van der Waals surface area contributed by atoms with Crippen molar-refractivity contribution in [3.8, 4) is 5.75 Å². The van der Waals surface area contributed by atoms with Gasteiger partial charge < -0.3 is 19.4 Å². The van der Waals surface area contributed by atoms with E-state index in [0.29, 0.717) is 0 Å². The minimum Gasteiger partial charge on any atom is -0.461 e. The Hall–Kier alpha value is -4.47. The topological polar surface area (TPSA) is 122 Å². The number of nitrogens with two attached hydrogens (primary N) is 1. The zero-order valence-electron chi connectivity index (χ0n) is 20.9.